The Kier molecular flexibility index (Phi) is 2.26. The average molecular weight is 186 g/mol. The first-order chi connectivity index (χ1) is 6.22. The van der Waals surface area contributed by atoms with Crippen LogP contribution in [-0.2, 0) is 19.0 Å². The van der Waals surface area contributed by atoms with Crippen LogP contribution in [0.3, 0.4) is 0 Å². The molecule has 13 heavy (non-hydrogen) atoms. The average Bonchev–Trinajstić information content (AvgIpc) is 2.78. The van der Waals surface area contributed by atoms with Gasteiger partial charge in [-0.15, -0.1) is 0 Å². The van der Waals surface area contributed by atoms with Crippen molar-refractivity contribution >= 4 is 5.97 Å². The maximum Gasteiger partial charge on any atom is 0.309 e. The van der Waals surface area contributed by atoms with Gasteiger partial charge in [0.25, 0.3) is 0 Å². The fourth-order valence-corrected chi connectivity index (χ4v) is 1.63. The second-order valence-corrected chi connectivity index (χ2v) is 3.47. The predicted molar refractivity (Wildman–Crippen MR) is 43.7 cm³/mol. The zero-order chi connectivity index (χ0) is 9.42. The van der Waals surface area contributed by atoms with Gasteiger partial charge in [0.15, 0.2) is 12.6 Å². The van der Waals surface area contributed by atoms with E-state index in [-0.39, 0.29) is 30.4 Å². The molecule has 2 atom stereocenters. The van der Waals surface area contributed by atoms with E-state index in [2.05, 4.69) is 0 Å². The van der Waals surface area contributed by atoms with Gasteiger partial charge < -0.3 is 14.2 Å². The number of ether oxygens (including phenoxy) is 3. The lowest BCUT2D eigenvalue weighted by atomic mass is 10.3. The number of hydrogen-bond acceptors (Lipinski definition) is 4. The first kappa shape index (κ1) is 8.97. The maximum absolute atomic E-state index is 11.2. The van der Waals surface area contributed by atoms with Crippen LogP contribution in [0.4, 0.5) is 0 Å². The largest absolute Gasteiger partial charge is 0.466 e. The van der Waals surface area contributed by atoms with Crippen molar-refractivity contribution in [1.29, 1.82) is 0 Å². The molecule has 0 amide bonds. The molecule has 2 fully saturated rings. The van der Waals surface area contributed by atoms with Gasteiger partial charge in [-0.1, -0.05) is 0 Å². The van der Waals surface area contributed by atoms with Crippen molar-refractivity contribution in [3.63, 3.8) is 0 Å². The van der Waals surface area contributed by atoms with Gasteiger partial charge in [-0.3, -0.25) is 4.79 Å². The summed E-state index contributed by atoms with van der Waals surface area (Å²) in [4.78, 5) is 11.2. The maximum atomic E-state index is 11.2. The van der Waals surface area contributed by atoms with E-state index in [0.717, 1.165) is 6.42 Å². The standard InChI is InChI=1S/C9H14O4/c1-3-11-8(10)6-4-7(6)9-12-5(2)13-9/h5-7,9H,3-4H2,1-2H3. The third kappa shape index (κ3) is 1.69. The number of hydrogen-bond donors (Lipinski definition) is 0. The van der Waals surface area contributed by atoms with Crippen LogP contribution in [0.25, 0.3) is 0 Å². The third-order valence-electron chi connectivity index (χ3n) is 2.43. The molecule has 0 spiro atoms. The predicted octanol–water partition coefficient (Wildman–Crippen LogP) is 0.904. The smallest absolute Gasteiger partial charge is 0.309 e. The summed E-state index contributed by atoms with van der Waals surface area (Å²) in [5.74, 6) is 0.131. The van der Waals surface area contributed by atoms with Crippen molar-refractivity contribution in [3.8, 4) is 0 Å². The van der Waals surface area contributed by atoms with E-state index in [9.17, 15) is 4.79 Å². The highest BCUT2D eigenvalue weighted by molar-refractivity contribution is 5.75. The molecule has 0 aromatic carbocycles. The van der Waals surface area contributed by atoms with E-state index in [1.54, 1.807) is 0 Å². The number of rotatable bonds is 3. The van der Waals surface area contributed by atoms with Crippen LogP contribution in [0.15, 0.2) is 0 Å². The van der Waals surface area contributed by atoms with Crippen molar-refractivity contribution in [1.82, 2.24) is 0 Å². The molecule has 74 valence electrons. The molecule has 0 radical (unpaired) electrons. The Bertz CT molecular complexity index is 210. The molecule has 4 nitrogen and oxygen atoms in total. The van der Waals surface area contributed by atoms with E-state index >= 15 is 0 Å². The summed E-state index contributed by atoms with van der Waals surface area (Å²) in [6.07, 6.45) is 0.578. The molecule has 1 saturated carbocycles. The lowest BCUT2D eigenvalue weighted by molar-refractivity contribution is -0.383. The molecule has 1 aliphatic carbocycles. The highest BCUT2D eigenvalue weighted by atomic mass is 16.9. The van der Waals surface area contributed by atoms with E-state index in [1.807, 2.05) is 13.8 Å². The van der Waals surface area contributed by atoms with E-state index in [0.29, 0.717) is 6.61 Å². The lowest BCUT2D eigenvalue weighted by Crippen LogP contribution is -2.41. The molecule has 0 aromatic heterocycles. The number of esters is 1. The van der Waals surface area contributed by atoms with Gasteiger partial charge in [0, 0.05) is 5.92 Å². The molecule has 1 aliphatic heterocycles. The number of carbonyl (C=O) groups is 1. The summed E-state index contributed by atoms with van der Waals surface area (Å²) < 4.78 is 15.5. The first-order valence-corrected chi connectivity index (χ1v) is 4.70. The minimum atomic E-state index is -0.163. The first-order valence-electron chi connectivity index (χ1n) is 4.70. The molecule has 2 aliphatic rings. The topological polar surface area (TPSA) is 44.8 Å². The van der Waals surface area contributed by atoms with Crippen molar-refractivity contribution in [2.45, 2.75) is 32.8 Å². The van der Waals surface area contributed by atoms with Crippen LogP contribution in [0.2, 0.25) is 0 Å². The Morgan fingerprint density at radius 2 is 2.23 bits per heavy atom. The fourth-order valence-electron chi connectivity index (χ4n) is 1.63. The van der Waals surface area contributed by atoms with Gasteiger partial charge >= 0.3 is 5.97 Å². The van der Waals surface area contributed by atoms with Gasteiger partial charge in [-0.05, 0) is 20.3 Å². The fraction of sp³-hybridized carbons (Fsp3) is 0.889. The second-order valence-electron chi connectivity index (χ2n) is 3.47. The molecule has 0 aromatic rings. The Morgan fingerprint density at radius 1 is 1.54 bits per heavy atom. The van der Waals surface area contributed by atoms with Crippen LogP contribution in [-0.4, -0.2) is 25.2 Å². The summed E-state index contributed by atoms with van der Waals surface area (Å²) in [5.41, 5.74) is 0. The minimum absolute atomic E-state index is 0.0115. The highest BCUT2D eigenvalue weighted by Crippen LogP contribution is 2.46. The monoisotopic (exact) mass is 186 g/mol. The Morgan fingerprint density at radius 3 is 2.77 bits per heavy atom. The molecule has 1 saturated heterocycles. The summed E-state index contributed by atoms with van der Waals surface area (Å²) in [7, 11) is 0. The SMILES string of the molecule is CCOC(=O)C1CC1C1OC(C)O1. The molecule has 4 heteroatoms. The second kappa shape index (κ2) is 3.27. The Balaban J connectivity index is 1.73. The Labute approximate surface area is 77.1 Å². The normalized spacial score (nSPS) is 42.3. The van der Waals surface area contributed by atoms with Crippen molar-refractivity contribution in [2.75, 3.05) is 6.61 Å². The summed E-state index contributed by atoms with van der Waals surface area (Å²) >= 11 is 0. The van der Waals surface area contributed by atoms with E-state index in [1.165, 1.54) is 0 Å². The van der Waals surface area contributed by atoms with Gasteiger partial charge in [-0.25, -0.2) is 0 Å². The lowest BCUT2D eigenvalue weighted by Gasteiger charge is -2.34. The van der Waals surface area contributed by atoms with Crippen LogP contribution < -0.4 is 0 Å². The molecular weight excluding hydrogens is 172 g/mol. The Hall–Kier alpha value is -0.610. The minimum Gasteiger partial charge on any atom is -0.466 e. The van der Waals surface area contributed by atoms with Crippen LogP contribution >= 0.6 is 0 Å². The molecule has 1 heterocycles. The molecule has 2 rings (SSSR count). The zero-order valence-electron chi connectivity index (χ0n) is 7.86. The third-order valence-corrected chi connectivity index (χ3v) is 2.43. The van der Waals surface area contributed by atoms with Gasteiger partial charge in [0.05, 0.1) is 12.5 Å². The van der Waals surface area contributed by atoms with Gasteiger partial charge in [-0.2, -0.15) is 0 Å². The molecule has 0 N–H and O–H groups in total. The highest BCUT2D eigenvalue weighted by Gasteiger charge is 2.53. The molecule has 2 unspecified atom stereocenters. The van der Waals surface area contributed by atoms with Gasteiger partial charge in [0.2, 0.25) is 0 Å². The van der Waals surface area contributed by atoms with Crippen LogP contribution in [0.5, 0.6) is 0 Å². The van der Waals surface area contributed by atoms with Crippen molar-refractivity contribution in [3.05, 3.63) is 0 Å². The van der Waals surface area contributed by atoms with E-state index < -0.39 is 0 Å². The van der Waals surface area contributed by atoms with Crippen molar-refractivity contribution in [2.24, 2.45) is 11.8 Å². The molecular formula is C9H14O4. The van der Waals surface area contributed by atoms with Gasteiger partial charge in [0.1, 0.15) is 0 Å². The summed E-state index contributed by atoms with van der Waals surface area (Å²) in [6, 6.07) is 0. The summed E-state index contributed by atoms with van der Waals surface area (Å²) in [6.45, 7) is 4.11. The summed E-state index contributed by atoms with van der Waals surface area (Å²) in [5, 5.41) is 0. The zero-order valence-corrected chi connectivity index (χ0v) is 7.86. The quantitative estimate of drug-likeness (QED) is 0.614. The van der Waals surface area contributed by atoms with Crippen LogP contribution in [0, 0.1) is 11.8 Å². The van der Waals surface area contributed by atoms with E-state index in [4.69, 9.17) is 14.2 Å². The van der Waals surface area contributed by atoms with Crippen molar-refractivity contribution < 1.29 is 19.0 Å². The van der Waals surface area contributed by atoms with Crippen LogP contribution in [0.1, 0.15) is 20.3 Å². The molecule has 0 bridgehead atoms. The number of carbonyl (C=O) groups excluding carboxylic acids is 1.